The summed E-state index contributed by atoms with van der Waals surface area (Å²) >= 11 is 1.67. The zero-order chi connectivity index (χ0) is 14.2. The van der Waals surface area contributed by atoms with Crippen molar-refractivity contribution in [3.63, 3.8) is 0 Å². The maximum atomic E-state index is 12.1. The van der Waals surface area contributed by atoms with Crippen LogP contribution in [0.5, 0.6) is 0 Å². The zero-order valence-corrected chi connectivity index (χ0v) is 12.4. The smallest absolute Gasteiger partial charge is 0.251 e. The summed E-state index contributed by atoms with van der Waals surface area (Å²) in [7, 11) is 0. The summed E-state index contributed by atoms with van der Waals surface area (Å²) in [6.07, 6.45) is 1.81. The van der Waals surface area contributed by atoms with Gasteiger partial charge in [-0.3, -0.25) is 4.79 Å². The topological polar surface area (TPSA) is 54.5 Å². The first kappa shape index (κ1) is 13.0. The molecule has 2 aliphatic rings. The van der Waals surface area contributed by atoms with Crippen LogP contribution in [0.15, 0.2) is 24.3 Å². The number of amides is 1. The molecule has 2 heterocycles. The molecule has 0 radical (unpaired) electrons. The lowest BCUT2D eigenvalue weighted by Gasteiger charge is -2.31. The molecule has 1 aliphatic heterocycles. The molecule has 1 amide bonds. The lowest BCUT2D eigenvalue weighted by molar-refractivity contribution is -0.133. The molecule has 1 aromatic carbocycles. The van der Waals surface area contributed by atoms with E-state index in [0.717, 1.165) is 30.0 Å². The average molecular weight is 303 g/mol. The minimum absolute atomic E-state index is 0.0170. The van der Waals surface area contributed by atoms with Crippen molar-refractivity contribution in [3.05, 3.63) is 24.3 Å². The summed E-state index contributed by atoms with van der Waals surface area (Å²) in [5, 5.41) is 3.99. The second kappa shape index (κ2) is 5.27. The summed E-state index contributed by atoms with van der Waals surface area (Å²) in [4.78, 5) is 18.9. The van der Waals surface area contributed by atoms with Gasteiger partial charge in [0.25, 0.3) is 5.91 Å². The fraction of sp³-hybridized carbons (Fsp3) is 0.467. The van der Waals surface area contributed by atoms with Gasteiger partial charge in [0.05, 0.1) is 23.4 Å². The average Bonchev–Trinajstić information content (AvgIpc) is 3.22. The summed E-state index contributed by atoms with van der Waals surface area (Å²) in [5.41, 5.74) is 1.02. The molecule has 21 heavy (non-hydrogen) atoms. The number of aromatic nitrogens is 1. The van der Waals surface area contributed by atoms with E-state index in [0.29, 0.717) is 19.2 Å². The SMILES string of the molecule is O=C(NC1CC1)C1CN(c2nc3ccccc3s2)CCO1. The molecule has 1 aromatic heterocycles. The molecule has 1 aliphatic carbocycles. The largest absolute Gasteiger partial charge is 0.365 e. The van der Waals surface area contributed by atoms with Gasteiger partial charge in [0.15, 0.2) is 11.2 Å². The number of hydrogen-bond acceptors (Lipinski definition) is 5. The number of hydrogen-bond donors (Lipinski definition) is 1. The van der Waals surface area contributed by atoms with E-state index >= 15 is 0 Å². The van der Waals surface area contributed by atoms with E-state index in [1.807, 2.05) is 18.2 Å². The van der Waals surface area contributed by atoms with Crippen molar-refractivity contribution in [1.82, 2.24) is 10.3 Å². The van der Waals surface area contributed by atoms with Crippen molar-refractivity contribution in [2.24, 2.45) is 0 Å². The van der Waals surface area contributed by atoms with Crippen molar-refractivity contribution in [2.75, 3.05) is 24.6 Å². The number of carbonyl (C=O) groups is 1. The normalized spacial score (nSPS) is 22.5. The first-order chi connectivity index (χ1) is 10.3. The first-order valence-corrected chi connectivity index (χ1v) is 8.14. The number of ether oxygens (including phenoxy) is 1. The number of rotatable bonds is 3. The highest BCUT2D eigenvalue weighted by atomic mass is 32.1. The van der Waals surface area contributed by atoms with E-state index in [4.69, 9.17) is 4.74 Å². The van der Waals surface area contributed by atoms with Crippen molar-refractivity contribution in [1.29, 1.82) is 0 Å². The summed E-state index contributed by atoms with van der Waals surface area (Å²) in [6.45, 7) is 1.93. The summed E-state index contributed by atoms with van der Waals surface area (Å²) in [6, 6.07) is 8.49. The van der Waals surface area contributed by atoms with Gasteiger partial charge < -0.3 is 15.0 Å². The monoisotopic (exact) mass is 303 g/mol. The molecule has 1 saturated heterocycles. The molecule has 2 fully saturated rings. The van der Waals surface area contributed by atoms with Crippen molar-refractivity contribution >= 4 is 32.6 Å². The van der Waals surface area contributed by atoms with Crippen LogP contribution >= 0.6 is 11.3 Å². The summed E-state index contributed by atoms with van der Waals surface area (Å²) < 4.78 is 6.80. The molecular formula is C15H17N3O2S. The highest BCUT2D eigenvalue weighted by molar-refractivity contribution is 7.22. The molecule has 1 saturated carbocycles. The quantitative estimate of drug-likeness (QED) is 0.939. The number of morpholine rings is 1. The van der Waals surface area contributed by atoms with Gasteiger partial charge in [0.2, 0.25) is 0 Å². The number of para-hydroxylation sites is 1. The minimum Gasteiger partial charge on any atom is -0.365 e. The van der Waals surface area contributed by atoms with Crippen LogP contribution in [0.2, 0.25) is 0 Å². The second-order valence-electron chi connectivity index (χ2n) is 5.55. The highest BCUT2D eigenvalue weighted by Crippen LogP contribution is 2.29. The van der Waals surface area contributed by atoms with Gasteiger partial charge in [-0.25, -0.2) is 4.98 Å². The third kappa shape index (κ3) is 2.73. The Morgan fingerprint density at radius 2 is 2.24 bits per heavy atom. The fourth-order valence-electron chi connectivity index (χ4n) is 2.50. The van der Waals surface area contributed by atoms with E-state index in [1.165, 1.54) is 4.70 Å². The molecule has 1 N–H and O–H groups in total. The van der Waals surface area contributed by atoms with Crippen LogP contribution in [0.3, 0.4) is 0 Å². The maximum absolute atomic E-state index is 12.1. The Morgan fingerprint density at radius 3 is 3.05 bits per heavy atom. The predicted molar refractivity (Wildman–Crippen MR) is 82.7 cm³/mol. The van der Waals surface area contributed by atoms with Gasteiger partial charge in [-0.2, -0.15) is 0 Å². The van der Waals surface area contributed by atoms with E-state index in [9.17, 15) is 4.79 Å². The lowest BCUT2D eigenvalue weighted by Crippen LogP contribution is -2.50. The molecule has 110 valence electrons. The van der Waals surface area contributed by atoms with Crippen LogP contribution in [-0.2, 0) is 9.53 Å². The molecule has 0 bridgehead atoms. The standard InChI is InChI=1S/C15H17N3O2S/c19-14(16-10-5-6-10)12-9-18(7-8-20-12)15-17-11-3-1-2-4-13(11)21-15/h1-4,10,12H,5-9H2,(H,16,19). The molecule has 5 nitrogen and oxygen atoms in total. The van der Waals surface area contributed by atoms with Gasteiger partial charge in [-0.05, 0) is 25.0 Å². The summed E-state index contributed by atoms with van der Waals surface area (Å²) in [5.74, 6) is 0.0170. The van der Waals surface area contributed by atoms with Gasteiger partial charge in [0.1, 0.15) is 0 Å². The van der Waals surface area contributed by atoms with Crippen molar-refractivity contribution in [3.8, 4) is 0 Å². The Labute approximate surface area is 126 Å². The van der Waals surface area contributed by atoms with Crippen molar-refractivity contribution in [2.45, 2.75) is 25.0 Å². The molecule has 1 atom stereocenters. The van der Waals surface area contributed by atoms with Gasteiger partial charge >= 0.3 is 0 Å². The number of thiazole rings is 1. The fourth-order valence-corrected chi connectivity index (χ4v) is 3.50. The van der Waals surface area contributed by atoms with Gasteiger partial charge in [-0.15, -0.1) is 0 Å². The van der Waals surface area contributed by atoms with E-state index in [-0.39, 0.29) is 12.0 Å². The van der Waals surface area contributed by atoms with Crippen LogP contribution in [0.1, 0.15) is 12.8 Å². The minimum atomic E-state index is -0.383. The van der Waals surface area contributed by atoms with Crippen LogP contribution in [-0.4, -0.2) is 42.7 Å². The Balaban J connectivity index is 1.50. The molecule has 1 unspecified atom stereocenters. The molecule has 6 heteroatoms. The number of benzene rings is 1. The van der Waals surface area contributed by atoms with Crippen LogP contribution in [0, 0.1) is 0 Å². The third-order valence-electron chi connectivity index (χ3n) is 3.84. The van der Waals surface area contributed by atoms with Crippen LogP contribution in [0.25, 0.3) is 10.2 Å². The molecular weight excluding hydrogens is 286 g/mol. The molecule has 0 spiro atoms. The van der Waals surface area contributed by atoms with Crippen molar-refractivity contribution < 1.29 is 9.53 Å². The second-order valence-corrected chi connectivity index (χ2v) is 6.56. The van der Waals surface area contributed by atoms with Crippen LogP contribution < -0.4 is 10.2 Å². The van der Waals surface area contributed by atoms with Gasteiger partial charge in [-0.1, -0.05) is 23.5 Å². The number of anilines is 1. The van der Waals surface area contributed by atoms with E-state index in [2.05, 4.69) is 21.3 Å². The Hall–Kier alpha value is -1.66. The molecule has 4 rings (SSSR count). The van der Waals surface area contributed by atoms with Crippen LogP contribution in [0.4, 0.5) is 5.13 Å². The van der Waals surface area contributed by atoms with E-state index < -0.39 is 0 Å². The zero-order valence-electron chi connectivity index (χ0n) is 11.6. The predicted octanol–water partition coefficient (Wildman–Crippen LogP) is 1.78. The Bertz CT molecular complexity index is 635. The number of carbonyl (C=O) groups excluding carboxylic acids is 1. The maximum Gasteiger partial charge on any atom is 0.251 e. The third-order valence-corrected chi connectivity index (χ3v) is 4.93. The molecule has 2 aromatic rings. The Morgan fingerprint density at radius 1 is 1.38 bits per heavy atom. The number of nitrogens with zero attached hydrogens (tertiary/aromatic N) is 2. The van der Waals surface area contributed by atoms with Gasteiger partial charge in [0, 0.05) is 12.6 Å². The number of nitrogens with one attached hydrogen (secondary N) is 1. The van der Waals surface area contributed by atoms with E-state index in [1.54, 1.807) is 11.3 Å². The lowest BCUT2D eigenvalue weighted by atomic mass is 10.2. The number of fused-ring (bicyclic) bond motifs is 1. The first-order valence-electron chi connectivity index (χ1n) is 7.32. The Kier molecular flexibility index (Phi) is 3.27. The highest BCUT2D eigenvalue weighted by Gasteiger charge is 2.32.